The second-order valence-corrected chi connectivity index (χ2v) is 5.52. The highest BCUT2D eigenvalue weighted by Crippen LogP contribution is 2.29. The maximum Gasteiger partial charge on any atom is 0.222 e. The zero-order chi connectivity index (χ0) is 14.7. The molecule has 0 bridgehead atoms. The number of halogens is 1. The summed E-state index contributed by atoms with van der Waals surface area (Å²) < 4.78 is 11.9. The Kier molecular flexibility index (Phi) is 4.73. The van der Waals surface area contributed by atoms with Crippen LogP contribution in [0, 0.1) is 20.8 Å². The molecule has 0 aliphatic rings. The predicted octanol–water partition coefficient (Wildman–Crippen LogP) is 4.10. The number of benzene rings is 1. The first-order valence-electron chi connectivity index (χ1n) is 6.27. The van der Waals surface area contributed by atoms with Gasteiger partial charge in [-0.15, -0.1) is 0 Å². The van der Waals surface area contributed by atoms with E-state index >= 15 is 0 Å². The molecule has 4 nitrogen and oxygen atoms in total. The lowest BCUT2D eigenvalue weighted by molar-refractivity contribution is 0.177. The summed E-state index contributed by atoms with van der Waals surface area (Å²) in [6.45, 7) is 6.34. The van der Waals surface area contributed by atoms with Crippen molar-refractivity contribution >= 4 is 15.9 Å². The minimum absolute atomic E-state index is 0.370. The van der Waals surface area contributed by atoms with E-state index in [9.17, 15) is 0 Å². The number of methoxy groups -OCH3 is 1. The average Bonchev–Trinajstić information content (AvgIpc) is 2.35. The second kappa shape index (κ2) is 6.33. The number of rotatable bonds is 4. The van der Waals surface area contributed by atoms with Crippen molar-refractivity contribution in [1.82, 2.24) is 9.97 Å². The van der Waals surface area contributed by atoms with E-state index in [2.05, 4.69) is 32.0 Å². The minimum Gasteiger partial charge on any atom is -0.439 e. The van der Waals surface area contributed by atoms with Crippen LogP contribution in [0.15, 0.2) is 22.7 Å². The summed E-state index contributed by atoms with van der Waals surface area (Å²) >= 11 is 3.51. The third kappa shape index (κ3) is 3.55. The van der Waals surface area contributed by atoms with E-state index in [-0.39, 0.29) is 0 Å². The van der Waals surface area contributed by atoms with Crippen LogP contribution in [0.4, 0.5) is 0 Å². The van der Waals surface area contributed by atoms with Gasteiger partial charge in [0.1, 0.15) is 12.4 Å². The van der Waals surface area contributed by atoms with Crippen LogP contribution in [0.25, 0.3) is 0 Å². The van der Waals surface area contributed by atoms with Crippen molar-refractivity contribution in [3.8, 4) is 11.6 Å². The molecule has 0 atom stereocenters. The topological polar surface area (TPSA) is 44.2 Å². The SMILES string of the molecule is COCc1nc(C)cc(Oc2cc(Br)c(C)cc2C)n1. The van der Waals surface area contributed by atoms with Gasteiger partial charge in [-0.1, -0.05) is 22.0 Å². The van der Waals surface area contributed by atoms with E-state index < -0.39 is 0 Å². The standard InChI is InChI=1S/C15H17BrN2O2/c1-9-5-10(2)13(7-12(9)16)20-15-6-11(3)17-14(18-15)8-19-4/h5-7H,8H2,1-4H3. The summed E-state index contributed by atoms with van der Waals surface area (Å²) in [5, 5.41) is 0. The van der Waals surface area contributed by atoms with Crippen molar-refractivity contribution in [2.75, 3.05) is 7.11 Å². The molecule has 2 aromatic rings. The molecular formula is C15H17BrN2O2. The van der Waals surface area contributed by atoms with Gasteiger partial charge in [0.2, 0.25) is 5.88 Å². The fourth-order valence-corrected chi connectivity index (χ4v) is 2.20. The van der Waals surface area contributed by atoms with Crippen molar-refractivity contribution in [2.45, 2.75) is 27.4 Å². The molecule has 0 unspecified atom stereocenters. The summed E-state index contributed by atoms with van der Waals surface area (Å²) in [4.78, 5) is 8.63. The van der Waals surface area contributed by atoms with Crippen LogP contribution >= 0.6 is 15.9 Å². The number of nitrogens with zero attached hydrogens (tertiary/aromatic N) is 2. The first-order valence-corrected chi connectivity index (χ1v) is 7.07. The summed E-state index contributed by atoms with van der Waals surface area (Å²) in [7, 11) is 1.62. The Labute approximate surface area is 127 Å². The summed E-state index contributed by atoms with van der Waals surface area (Å²) in [6.07, 6.45) is 0. The molecule has 0 saturated carbocycles. The van der Waals surface area contributed by atoms with E-state index in [1.54, 1.807) is 7.11 Å². The molecule has 0 N–H and O–H groups in total. The smallest absolute Gasteiger partial charge is 0.222 e. The van der Waals surface area contributed by atoms with Crippen LogP contribution in [0.1, 0.15) is 22.6 Å². The number of hydrogen-bond acceptors (Lipinski definition) is 4. The molecule has 106 valence electrons. The van der Waals surface area contributed by atoms with E-state index in [1.807, 2.05) is 32.9 Å². The van der Waals surface area contributed by atoms with Crippen molar-refractivity contribution < 1.29 is 9.47 Å². The predicted molar refractivity (Wildman–Crippen MR) is 81.2 cm³/mol. The van der Waals surface area contributed by atoms with Crippen molar-refractivity contribution in [1.29, 1.82) is 0 Å². The number of aromatic nitrogens is 2. The Morgan fingerprint density at radius 3 is 2.50 bits per heavy atom. The Bertz CT molecular complexity index is 630. The van der Waals surface area contributed by atoms with Gasteiger partial charge in [-0.2, -0.15) is 4.98 Å². The van der Waals surface area contributed by atoms with E-state index in [1.165, 1.54) is 5.56 Å². The van der Waals surface area contributed by atoms with Crippen LogP contribution in [0.5, 0.6) is 11.6 Å². The first-order chi connectivity index (χ1) is 9.49. The zero-order valence-corrected chi connectivity index (χ0v) is 13.6. The monoisotopic (exact) mass is 336 g/mol. The molecule has 1 aromatic carbocycles. The Morgan fingerprint density at radius 1 is 1.05 bits per heavy atom. The lowest BCUT2D eigenvalue weighted by Gasteiger charge is -2.11. The number of hydrogen-bond donors (Lipinski definition) is 0. The average molecular weight is 337 g/mol. The van der Waals surface area contributed by atoms with Crippen molar-refractivity contribution in [2.24, 2.45) is 0 Å². The Hall–Kier alpha value is -1.46. The molecule has 0 saturated heterocycles. The van der Waals surface area contributed by atoms with Crippen LogP contribution in [0.2, 0.25) is 0 Å². The van der Waals surface area contributed by atoms with E-state index in [0.717, 1.165) is 21.5 Å². The molecular weight excluding hydrogens is 320 g/mol. The molecule has 2 rings (SSSR count). The minimum atomic E-state index is 0.370. The third-order valence-electron chi connectivity index (χ3n) is 2.82. The van der Waals surface area contributed by atoms with Gasteiger partial charge >= 0.3 is 0 Å². The van der Waals surface area contributed by atoms with Gasteiger partial charge in [-0.3, -0.25) is 0 Å². The molecule has 5 heteroatoms. The van der Waals surface area contributed by atoms with Crippen molar-refractivity contribution in [3.05, 3.63) is 45.3 Å². The van der Waals surface area contributed by atoms with Gasteiger partial charge in [0.15, 0.2) is 5.82 Å². The summed E-state index contributed by atoms with van der Waals surface area (Å²) in [6, 6.07) is 5.84. The normalized spacial score (nSPS) is 10.7. The first kappa shape index (κ1) is 14.9. The molecule has 1 heterocycles. The second-order valence-electron chi connectivity index (χ2n) is 4.67. The highest BCUT2D eigenvalue weighted by molar-refractivity contribution is 9.10. The zero-order valence-electron chi connectivity index (χ0n) is 12.0. The van der Waals surface area contributed by atoms with Gasteiger partial charge in [-0.05, 0) is 38.0 Å². The fraction of sp³-hybridized carbons (Fsp3) is 0.333. The van der Waals surface area contributed by atoms with Crippen LogP contribution in [-0.2, 0) is 11.3 Å². The lowest BCUT2D eigenvalue weighted by Crippen LogP contribution is -2.01. The molecule has 0 amide bonds. The number of ether oxygens (including phenoxy) is 2. The molecule has 20 heavy (non-hydrogen) atoms. The summed E-state index contributed by atoms with van der Waals surface area (Å²) in [5.74, 6) is 1.93. The van der Waals surface area contributed by atoms with Gasteiger partial charge in [0.05, 0.1) is 0 Å². The van der Waals surface area contributed by atoms with Crippen molar-refractivity contribution in [3.63, 3.8) is 0 Å². The summed E-state index contributed by atoms with van der Waals surface area (Å²) in [5.41, 5.74) is 3.09. The van der Waals surface area contributed by atoms with Gasteiger partial charge in [-0.25, -0.2) is 4.98 Å². The van der Waals surface area contributed by atoms with Gasteiger partial charge in [0.25, 0.3) is 0 Å². The van der Waals surface area contributed by atoms with Crippen LogP contribution < -0.4 is 4.74 Å². The third-order valence-corrected chi connectivity index (χ3v) is 3.68. The molecule has 0 aliphatic heterocycles. The molecule has 0 aliphatic carbocycles. The Morgan fingerprint density at radius 2 is 1.80 bits per heavy atom. The molecule has 1 aromatic heterocycles. The largest absolute Gasteiger partial charge is 0.439 e. The highest BCUT2D eigenvalue weighted by Gasteiger charge is 2.08. The van der Waals surface area contributed by atoms with Gasteiger partial charge < -0.3 is 9.47 Å². The van der Waals surface area contributed by atoms with Crippen LogP contribution in [0.3, 0.4) is 0 Å². The van der Waals surface area contributed by atoms with Gasteiger partial charge in [0, 0.05) is 23.3 Å². The van der Waals surface area contributed by atoms with E-state index in [0.29, 0.717) is 18.3 Å². The highest BCUT2D eigenvalue weighted by atomic mass is 79.9. The molecule has 0 spiro atoms. The van der Waals surface area contributed by atoms with E-state index in [4.69, 9.17) is 9.47 Å². The lowest BCUT2D eigenvalue weighted by atomic mass is 10.1. The number of aryl methyl sites for hydroxylation is 3. The maximum absolute atomic E-state index is 5.88. The molecule has 0 radical (unpaired) electrons. The Balaban J connectivity index is 2.32. The van der Waals surface area contributed by atoms with Crippen LogP contribution in [-0.4, -0.2) is 17.1 Å². The quantitative estimate of drug-likeness (QED) is 0.842. The molecule has 0 fully saturated rings. The maximum atomic E-state index is 5.88. The fourth-order valence-electron chi connectivity index (χ4n) is 1.88.